The number of nitrogens with two attached hydrogens (primary N) is 1. The van der Waals surface area contributed by atoms with Gasteiger partial charge in [0.05, 0.1) is 11.5 Å². The lowest BCUT2D eigenvalue weighted by Gasteiger charge is -2.00. The molecule has 1 rings (SSSR count). The minimum atomic E-state index is -0.420. The van der Waals surface area contributed by atoms with Crippen LogP contribution in [-0.2, 0) is 5.75 Å². The standard InChI is InChI=1S/C11H13N3O2S/c1-2-7-13-11(12)17-8-9-3-5-10(6-4-9)14(15)16/h2-6H,1,7-8H2,(H2,12,13). The molecule has 0 aliphatic carbocycles. The van der Waals surface area contributed by atoms with Crippen LogP contribution in [0.2, 0.25) is 0 Å². The van der Waals surface area contributed by atoms with Gasteiger partial charge in [-0.25, -0.2) is 0 Å². The van der Waals surface area contributed by atoms with Gasteiger partial charge in [-0.2, -0.15) is 0 Å². The molecule has 90 valence electrons. The number of rotatable bonds is 5. The third-order valence-electron chi connectivity index (χ3n) is 1.91. The van der Waals surface area contributed by atoms with E-state index >= 15 is 0 Å². The van der Waals surface area contributed by atoms with E-state index in [0.717, 1.165) is 5.56 Å². The Morgan fingerprint density at radius 2 is 2.18 bits per heavy atom. The first-order valence-corrected chi connectivity index (χ1v) is 5.89. The number of non-ortho nitro benzene ring substituents is 1. The van der Waals surface area contributed by atoms with Crippen molar-refractivity contribution < 1.29 is 4.92 Å². The highest BCUT2D eigenvalue weighted by atomic mass is 32.2. The molecule has 0 heterocycles. The maximum absolute atomic E-state index is 10.4. The van der Waals surface area contributed by atoms with E-state index in [1.165, 1.54) is 23.9 Å². The molecule has 0 fully saturated rings. The lowest BCUT2D eigenvalue weighted by atomic mass is 10.2. The van der Waals surface area contributed by atoms with E-state index in [9.17, 15) is 10.1 Å². The van der Waals surface area contributed by atoms with Crippen LogP contribution in [0.15, 0.2) is 41.9 Å². The van der Waals surface area contributed by atoms with Crippen LogP contribution in [0.5, 0.6) is 0 Å². The van der Waals surface area contributed by atoms with Gasteiger partial charge in [0.15, 0.2) is 5.17 Å². The van der Waals surface area contributed by atoms with E-state index in [1.807, 2.05) is 0 Å². The molecule has 17 heavy (non-hydrogen) atoms. The van der Waals surface area contributed by atoms with Crippen LogP contribution in [0.4, 0.5) is 5.69 Å². The number of hydrogen-bond donors (Lipinski definition) is 1. The number of nitrogens with zero attached hydrogens (tertiary/aromatic N) is 2. The highest BCUT2D eigenvalue weighted by molar-refractivity contribution is 8.13. The highest BCUT2D eigenvalue weighted by Gasteiger charge is 2.04. The molecule has 0 radical (unpaired) electrons. The summed E-state index contributed by atoms with van der Waals surface area (Å²) >= 11 is 1.39. The molecule has 1 aromatic carbocycles. The van der Waals surface area contributed by atoms with Gasteiger partial charge in [0.1, 0.15) is 0 Å². The summed E-state index contributed by atoms with van der Waals surface area (Å²) < 4.78 is 0. The van der Waals surface area contributed by atoms with Gasteiger partial charge in [0.2, 0.25) is 0 Å². The van der Waals surface area contributed by atoms with E-state index in [0.29, 0.717) is 17.5 Å². The van der Waals surface area contributed by atoms with Crippen molar-refractivity contribution in [2.24, 2.45) is 10.7 Å². The maximum Gasteiger partial charge on any atom is 0.269 e. The Morgan fingerprint density at radius 3 is 2.71 bits per heavy atom. The van der Waals surface area contributed by atoms with Crippen molar-refractivity contribution in [1.29, 1.82) is 0 Å². The van der Waals surface area contributed by atoms with E-state index in [1.54, 1.807) is 18.2 Å². The SMILES string of the molecule is C=CCN=C(N)SCc1ccc([N+](=O)[O-])cc1. The van der Waals surface area contributed by atoms with Crippen LogP contribution in [0.1, 0.15) is 5.56 Å². The van der Waals surface area contributed by atoms with Gasteiger partial charge in [-0.05, 0) is 5.56 Å². The Balaban J connectivity index is 2.52. The molecule has 0 bridgehead atoms. The zero-order chi connectivity index (χ0) is 12.7. The Morgan fingerprint density at radius 1 is 1.53 bits per heavy atom. The molecule has 0 spiro atoms. The van der Waals surface area contributed by atoms with Crippen LogP contribution in [-0.4, -0.2) is 16.6 Å². The van der Waals surface area contributed by atoms with Crippen molar-refractivity contribution in [3.05, 3.63) is 52.6 Å². The Kier molecular flexibility index (Phi) is 5.22. The summed E-state index contributed by atoms with van der Waals surface area (Å²) in [6.45, 7) is 4.04. The van der Waals surface area contributed by atoms with Crippen molar-refractivity contribution in [2.75, 3.05) is 6.54 Å². The van der Waals surface area contributed by atoms with Crippen molar-refractivity contribution in [3.63, 3.8) is 0 Å². The quantitative estimate of drug-likeness (QED) is 0.286. The van der Waals surface area contributed by atoms with Gasteiger partial charge in [0, 0.05) is 17.9 Å². The Labute approximate surface area is 104 Å². The van der Waals surface area contributed by atoms with Crippen molar-refractivity contribution in [3.8, 4) is 0 Å². The molecule has 0 aliphatic rings. The first-order chi connectivity index (χ1) is 8.13. The third kappa shape index (κ3) is 4.69. The topological polar surface area (TPSA) is 81.5 Å². The minimum absolute atomic E-state index is 0.0899. The van der Waals surface area contributed by atoms with Gasteiger partial charge < -0.3 is 5.73 Å². The van der Waals surface area contributed by atoms with Crippen molar-refractivity contribution in [1.82, 2.24) is 0 Å². The number of amidine groups is 1. The average molecular weight is 251 g/mol. The van der Waals surface area contributed by atoms with Gasteiger partial charge in [-0.1, -0.05) is 30.0 Å². The largest absolute Gasteiger partial charge is 0.379 e. The summed E-state index contributed by atoms with van der Waals surface area (Å²) in [5.41, 5.74) is 6.70. The summed E-state index contributed by atoms with van der Waals surface area (Å²) in [6, 6.07) is 6.39. The van der Waals surface area contributed by atoms with Crippen molar-refractivity contribution in [2.45, 2.75) is 5.75 Å². The molecule has 0 atom stereocenters. The summed E-state index contributed by atoms with van der Waals surface area (Å²) in [5.74, 6) is 0.643. The fourth-order valence-corrected chi connectivity index (χ4v) is 1.74. The number of nitro benzene ring substituents is 1. The molecule has 1 aromatic rings. The molecule has 0 saturated heterocycles. The predicted octanol–water partition coefficient (Wildman–Crippen LogP) is 2.33. The fourth-order valence-electron chi connectivity index (χ4n) is 1.07. The lowest BCUT2D eigenvalue weighted by Crippen LogP contribution is -2.07. The van der Waals surface area contributed by atoms with Crippen LogP contribution >= 0.6 is 11.8 Å². The molecular weight excluding hydrogens is 238 g/mol. The van der Waals surface area contributed by atoms with E-state index < -0.39 is 4.92 Å². The molecule has 6 heteroatoms. The molecular formula is C11H13N3O2S. The summed E-state index contributed by atoms with van der Waals surface area (Å²) in [7, 11) is 0. The summed E-state index contributed by atoms with van der Waals surface area (Å²) in [4.78, 5) is 14.1. The minimum Gasteiger partial charge on any atom is -0.379 e. The van der Waals surface area contributed by atoms with E-state index in [4.69, 9.17) is 5.73 Å². The van der Waals surface area contributed by atoms with Gasteiger partial charge in [-0.15, -0.1) is 6.58 Å². The molecule has 0 amide bonds. The second-order valence-corrected chi connectivity index (χ2v) is 4.18. The molecule has 5 nitrogen and oxygen atoms in total. The highest BCUT2D eigenvalue weighted by Crippen LogP contribution is 2.16. The fraction of sp³-hybridized carbons (Fsp3) is 0.182. The van der Waals surface area contributed by atoms with Crippen LogP contribution in [0.3, 0.4) is 0 Å². The normalized spacial score (nSPS) is 11.2. The number of aliphatic imine (C=N–C) groups is 1. The second-order valence-electron chi connectivity index (χ2n) is 3.18. The zero-order valence-electron chi connectivity index (χ0n) is 9.20. The summed E-state index contributed by atoms with van der Waals surface area (Å²) in [6.07, 6.45) is 1.67. The van der Waals surface area contributed by atoms with Gasteiger partial charge >= 0.3 is 0 Å². The van der Waals surface area contributed by atoms with Crippen LogP contribution in [0.25, 0.3) is 0 Å². The average Bonchev–Trinajstić information content (AvgIpc) is 2.34. The molecule has 2 N–H and O–H groups in total. The monoisotopic (exact) mass is 251 g/mol. The number of hydrogen-bond acceptors (Lipinski definition) is 4. The Bertz CT molecular complexity index is 429. The molecule has 0 aromatic heterocycles. The number of thioether (sulfide) groups is 1. The second kappa shape index (κ2) is 6.70. The first-order valence-electron chi connectivity index (χ1n) is 4.90. The van der Waals surface area contributed by atoms with Gasteiger partial charge in [0.25, 0.3) is 5.69 Å². The predicted molar refractivity (Wildman–Crippen MR) is 71.1 cm³/mol. The zero-order valence-corrected chi connectivity index (χ0v) is 10.0. The summed E-state index contributed by atoms with van der Waals surface area (Å²) in [5, 5.41) is 10.9. The van der Waals surface area contributed by atoms with Crippen LogP contribution in [0, 0.1) is 10.1 Å². The first kappa shape index (κ1) is 13.2. The number of nitro groups is 1. The van der Waals surface area contributed by atoms with Crippen LogP contribution < -0.4 is 5.73 Å². The van der Waals surface area contributed by atoms with E-state index in [-0.39, 0.29) is 5.69 Å². The smallest absolute Gasteiger partial charge is 0.269 e. The van der Waals surface area contributed by atoms with Gasteiger partial charge in [-0.3, -0.25) is 15.1 Å². The maximum atomic E-state index is 10.4. The Hall–Kier alpha value is -1.82. The lowest BCUT2D eigenvalue weighted by molar-refractivity contribution is -0.384. The molecule has 0 unspecified atom stereocenters. The van der Waals surface area contributed by atoms with E-state index in [2.05, 4.69) is 11.6 Å². The molecule has 0 saturated carbocycles. The third-order valence-corrected chi connectivity index (χ3v) is 2.81. The molecule has 0 aliphatic heterocycles. The number of benzene rings is 1. The van der Waals surface area contributed by atoms with Crippen molar-refractivity contribution >= 4 is 22.6 Å².